The number of nitrogens with one attached hydrogen (secondary N) is 1. The smallest absolute Gasteiger partial charge is 0.351 e. The van der Waals surface area contributed by atoms with E-state index in [2.05, 4.69) is 5.32 Å². The van der Waals surface area contributed by atoms with Gasteiger partial charge in [0.2, 0.25) is 6.10 Å². The minimum Gasteiger partial charge on any atom is -0.485 e. The molecule has 0 aromatic heterocycles. The molecule has 0 saturated heterocycles. The summed E-state index contributed by atoms with van der Waals surface area (Å²) >= 11 is 0. The molecule has 1 fully saturated rings. The zero-order valence-electron chi connectivity index (χ0n) is 11.7. The van der Waals surface area contributed by atoms with Gasteiger partial charge < -0.3 is 19.5 Å². The molecule has 6 nitrogen and oxygen atoms in total. The number of amides is 1. The highest BCUT2D eigenvalue weighted by Gasteiger charge is 2.32. The van der Waals surface area contributed by atoms with E-state index in [9.17, 15) is 9.59 Å². The van der Waals surface area contributed by atoms with Crippen LogP contribution in [0.2, 0.25) is 0 Å². The monoisotopic (exact) mass is 291 g/mol. The van der Waals surface area contributed by atoms with Crippen molar-refractivity contribution >= 4 is 11.9 Å². The lowest BCUT2D eigenvalue weighted by molar-refractivity contribution is -0.163. The maximum Gasteiger partial charge on any atom is 0.351 e. The number of fused-ring (bicyclic) bond motifs is 1. The molecule has 1 N–H and O–H groups in total. The number of hydrogen-bond donors (Lipinski definition) is 1. The lowest BCUT2D eigenvalue weighted by Crippen LogP contribution is -2.43. The van der Waals surface area contributed by atoms with Gasteiger partial charge in [0.05, 0.1) is 0 Å². The van der Waals surface area contributed by atoms with Gasteiger partial charge in [-0.25, -0.2) is 4.79 Å². The molecule has 2 aliphatic rings. The Morgan fingerprint density at radius 1 is 1.29 bits per heavy atom. The molecule has 0 radical (unpaired) electrons. The van der Waals surface area contributed by atoms with Gasteiger partial charge in [-0.15, -0.1) is 0 Å². The van der Waals surface area contributed by atoms with Crippen molar-refractivity contribution in [2.24, 2.45) is 0 Å². The van der Waals surface area contributed by atoms with E-state index >= 15 is 0 Å². The molecular formula is C15H17NO5. The van der Waals surface area contributed by atoms with Gasteiger partial charge in [-0.3, -0.25) is 4.79 Å². The highest BCUT2D eigenvalue weighted by Crippen LogP contribution is 2.31. The van der Waals surface area contributed by atoms with Crippen LogP contribution in [0.3, 0.4) is 0 Å². The summed E-state index contributed by atoms with van der Waals surface area (Å²) in [6.45, 7) is 1.63. The number of carbonyl (C=O) groups excluding carboxylic acids is 2. The first-order chi connectivity index (χ1) is 10.1. The summed E-state index contributed by atoms with van der Waals surface area (Å²) in [7, 11) is 0. The Balaban J connectivity index is 1.55. The van der Waals surface area contributed by atoms with Gasteiger partial charge in [0.25, 0.3) is 5.91 Å². The molecule has 0 bridgehead atoms. The van der Waals surface area contributed by atoms with Crippen LogP contribution in [0.15, 0.2) is 24.3 Å². The molecular weight excluding hydrogens is 274 g/mol. The van der Waals surface area contributed by atoms with Crippen LogP contribution in [-0.4, -0.2) is 36.7 Å². The lowest BCUT2D eigenvalue weighted by atomic mass is 10.2. The van der Waals surface area contributed by atoms with Crippen LogP contribution < -0.4 is 14.8 Å². The van der Waals surface area contributed by atoms with E-state index < -0.39 is 18.2 Å². The van der Waals surface area contributed by atoms with Crippen LogP contribution in [0.25, 0.3) is 0 Å². The fourth-order valence-corrected chi connectivity index (χ4v) is 1.99. The van der Waals surface area contributed by atoms with E-state index in [1.165, 1.54) is 0 Å². The van der Waals surface area contributed by atoms with Gasteiger partial charge in [0.1, 0.15) is 6.61 Å². The normalized spacial score (nSPS) is 21.3. The number of carbonyl (C=O) groups is 2. The van der Waals surface area contributed by atoms with Gasteiger partial charge >= 0.3 is 5.97 Å². The van der Waals surface area contributed by atoms with Gasteiger partial charge in [-0.2, -0.15) is 0 Å². The molecule has 3 rings (SSSR count). The topological polar surface area (TPSA) is 73.9 Å². The van der Waals surface area contributed by atoms with E-state index in [1.807, 2.05) is 6.07 Å². The van der Waals surface area contributed by atoms with Crippen molar-refractivity contribution in [2.75, 3.05) is 6.61 Å². The molecule has 1 aromatic carbocycles. The molecule has 1 aromatic rings. The Kier molecular flexibility index (Phi) is 3.68. The average Bonchev–Trinajstić information content (AvgIpc) is 3.30. The number of hydrogen-bond acceptors (Lipinski definition) is 5. The molecule has 6 heteroatoms. The average molecular weight is 291 g/mol. The Morgan fingerprint density at radius 2 is 2.00 bits per heavy atom. The maximum atomic E-state index is 12.0. The van der Waals surface area contributed by atoms with Crippen molar-refractivity contribution in [3.63, 3.8) is 0 Å². The van der Waals surface area contributed by atoms with Crippen molar-refractivity contribution in [1.29, 1.82) is 0 Å². The third kappa shape index (κ3) is 3.26. The third-order valence-electron chi connectivity index (χ3n) is 3.36. The molecule has 112 valence electrons. The highest BCUT2D eigenvalue weighted by atomic mass is 16.6. The van der Waals surface area contributed by atoms with Crippen molar-refractivity contribution < 1.29 is 23.8 Å². The van der Waals surface area contributed by atoms with E-state index in [1.54, 1.807) is 25.1 Å². The minimum absolute atomic E-state index is 0.0762. The van der Waals surface area contributed by atoms with Gasteiger partial charge in [-0.1, -0.05) is 12.1 Å². The quantitative estimate of drug-likeness (QED) is 0.839. The number of ether oxygens (including phenoxy) is 3. The van der Waals surface area contributed by atoms with Crippen LogP contribution in [0, 0.1) is 0 Å². The van der Waals surface area contributed by atoms with Gasteiger partial charge in [0.15, 0.2) is 17.6 Å². The fourth-order valence-electron chi connectivity index (χ4n) is 1.99. The van der Waals surface area contributed by atoms with Crippen LogP contribution in [0.4, 0.5) is 0 Å². The first-order valence-corrected chi connectivity index (χ1v) is 7.03. The first kappa shape index (κ1) is 13.7. The fraction of sp³-hybridized carbons (Fsp3) is 0.467. The van der Waals surface area contributed by atoms with Crippen molar-refractivity contribution in [3.8, 4) is 11.5 Å². The van der Waals surface area contributed by atoms with Crippen LogP contribution >= 0.6 is 0 Å². The predicted octanol–water partition coefficient (Wildman–Crippen LogP) is 1.04. The molecule has 0 spiro atoms. The number of benzene rings is 1. The van der Waals surface area contributed by atoms with E-state index in [0.717, 1.165) is 12.8 Å². The molecule has 0 unspecified atom stereocenters. The number of para-hydroxylation sites is 2. The zero-order chi connectivity index (χ0) is 14.8. The minimum atomic E-state index is -0.851. The van der Waals surface area contributed by atoms with Crippen LogP contribution in [-0.2, 0) is 14.3 Å². The number of rotatable bonds is 4. The van der Waals surface area contributed by atoms with Crippen LogP contribution in [0.5, 0.6) is 11.5 Å². The Labute approximate surface area is 122 Å². The molecule has 1 saturated carbocycles. The predicted molar refractivity (Wildman–Crippen MR) is 73.1 cm³/mol. The van der Waals surface area contributed by atoms with Gasteiger partial charge in [0, 0.05) is 6.04 Å². The zero-order valence-corrected chi connectivity index (χ0v) is 11.7. The summed E-state index contributed by atoms with van der Waals surface area (Å²) in [6, 6.07) is 7.34. The molecule has 1 amide bonds. The SMILES string of the molecule is C[C@@H](OC(=O)[C@H]1COc2ccccc2O1)C(=O)NC1CC1. The van der Waals surface area contributed by atoms with Crippen molar-refractivity contribution in [1.82, 2.24) is 5.32 Å². The summed E-state index contributed by atoms with van der Waals surface area (Å²) < 4.78 is 16.1. The highest BCUT2D eigenvalue weighted by molar-refractivity contribution is 5.85. The third-order valence-corrected chi connectivity index (χ3v) is 3.36. The summed E-state index contributed by atoms with van der Waals surface area (Å²) in [5.41, 5.74) is 0. The second-order valence-corrected chi connectivity index (χ2v) is 5.23. The molecule has 1 aliphatic heterocycles. The largest absolute Gasteiger partial charge is 0.485 e. The summed E-state index contributed by atoms with van der Waals surface area (Å²) in [4.78, 5) is 23.8. The summed E-state index contributed by atoms with van der Waals surface area (Å²) in [5.74, 6) is 0.229. The Bertz CT molecular complexity index is 555. The molecule has 1 aliphatic carbocycles. The van der Waals surface area contributed by atoms with E-state index in [0.29, 0.717) is 11.5 Å². The molecule has 2 atom stereocenters. The number of esters is 1. The van der Waals surface area contributed by atoms with Crippen molar-refractivity contribution in [2.45, 2.75) is 38.0 Å². The lowest BCUT2D eigenvalue weighted by Gasteiger charge is -2.25. The summed E-state index contributed by atoms with van der Waals surface area (Å²) in [6.07, 6.45) is 0.292. The van der Waals surface area contributed by atoms with E-state index in [-0.39, 0.29) is 18.6 Å². The Morgan fingerprint density at radius 3 is 2.71 bits per heavy atom. The summed E-state index contributed by atoms with van der Waals surface area (Å²) in [5, 5.41) is 2.79. The second kappa shape index (κ2) is 5.63. The second-order valence-electron chi connectivity index (χ2n) is 5.23. The first-order valence-electron chi connectivity index (χ1n) is 7.03. The standard InChI is InChI=1S/C15H17NO5/c1-9(14(17)16-10-6-7-10)20-15(18)13-8-19-11-4-2-3-5-12(11)21-13/h2-5,9-10,13H,6-8H2,1H3,(H,16,17)/t9-,13-/m1/s1. The molecule has 1 heterocycles. The molecule has 21 heavy (non-hydrogen) atoms. The van der Waals surface area contributed by atoms with Crippen LogP contribution in [0.1, 0.15) is 19.8 Å². The Hall–Kier alpha value is -2.24. The van der Waals surface area contributed by atoms with Crippen molar-refractivity contribution in [3.05, 3.63) is 24.3 Å². The van der Waals surface area contributed by atoms with Gasteiger partial charge in [-0.05, 0) is 31.9 Å². The maximum absolute atomic E-state index is 12.0. The van der Waals surface area contributed by atoms with E-state index in [4.69, 9.17) is 14.2 Å².